The minimum Gasteiger partial charge on any atom is -0.487 e. The van der Waals surface area contributed by atoms with E-state index in [-0.39, 0.29) is 5.91 Å². The lowest BCUT2D eigenvalue weighted by Gasteiger charge is -2.08. The molecule has 0 saturated heterocycles. The summed E-state index contributed by atoms with van der Waals surface area (Å²) < 4.78 is 5.73. The number of carbonyl (C=O) groups excluding carboxylic acids is 1. The number of rotatable bonds is 6. The van der Waals surface area contributed by atoms with Gasteiger partial charge in [-0.1, -0.05) is 53.3 Å². The number of aromatic nitrogens is 1. The van der Waals surface area contributed by atoms with Crippen LogP contribution < -0.4 is 15.9 Å². The van der Waals surface area contributed by atoms with E-state index in [1.807, 2.05) is 30.3 Å². The van der Waals surface area contributed by atoms with Crippen molar-refractivity contribution in [3.63, 3.8) is 0 Å². The van der Waals surface area contributed by atoms with Crippen molar-refractivity contribution in [3.8, 4) is 5.75 Å². The highest BCUT2D eigenvalue weighted by Gasteiger charge is 2.13. The number of nitrogen functional groups attached to an aromatic ring is 1. The molecule has 0 aliphatic heterocycles. The third-order valence-corrected chi connectivity index (χ3v) is 4.87. The Morgan fingerprint density at radius 3 is 2.78 bits per heavy atom. The molecule has 1 heterocycles. The number of hydrogen-bond acceptors (Lipinski definition) is 6. The third-order valence-electron chi connectivity index (χ3n) is 3.59. The van der Waals surface area contributed by atoms with Crippen molar-refractivity contribution < 1.29 is 9.53 Å². The SMILES string of the molecule is Cc1nc(N)sc1C(=O)N/N=C\c1ccc(OCc2ccccc2)c(Cl)c1. The summed E-state index contributed by atoms with van der Waals surface area (Å²) in [5, 5.41) is 4.76. The van der Waals surface area contributed by atoms with Gasteiger partial charge in [0, 0.05) is 0 Å². The summed E-state index contributed by atoms with van der Waals surface area (Å²) in [6.45, 7) is 2.15. The fourth-order valence-electron chi connectivity index (χ4n) is 2.29. The molecule has 1 aromatic heterocycles. The van der Waals surface area contributed by atoms with Crippen LogP contribution in [0.2, 0.25) is 5.02 Å². The molecule has 0 bridgehead atoms. The topological polar surface area (TPSA) is 89.6 Å². The Morgan fingerprint density at radius 1 is 1.33 bits per heavy atom. The second-order valence-electron chi connectivity index (χ2n) is 5.63. The van der Waals surface area contributed by atoms with Gasteiger partial charge in [0.2, 0.25) is 0 Å². The van der Waals surface area contributed by atoms with Gasteiger partial charge in [0.15, 0.2) is 5.13 Å². The molecule has 0 aliphatic carbocycles. The van der Waals surface area contributed by atoms with Crippen LogP contribution in [-0.4, -0.2) is 17.1 Å². The van der Waals surface area contributed by atoms with Gasteiger partial charge in [0.05, 0.1) is 16.9 Å². The molecule has 0 unspecified atom stereocenters. The minimum absolute atomic E-state index is 0.347. The van der Waals surface area contributed by atoms with Gasteiger partial charge in [-0.05, 0) is 36.2 Å². The normalized spacial score (nSPS) is 10.9. The average molecular weight is 401 g/mol. The van der Waals surface area contributed by atoms with Crippen LogP contribution >= 0.6 is 22.9 Å². The Balaban J connectivity index is 1.59. The van der Waals surface area contributed by atoms with Crippen molar-refractivity contribution in [1.29, 1.82) is 0 Å². The maximum Gasteiger partial charge on any atom is 0.283 e. The van der Waals surface area contributed by atoms with Crippen molar-refractivity contribution in [1.82, 2.24) is 10.4 Å². The largest absolute Gasteiger partial charge is 0.487 e. The number of nitrogens with two attached hydrogens (primary N) is 1. The zero-order valence-corrected chi connectivity index (χ0v) is 16.1. The molecule has 0 atom stereocenters. The van der Waals surface area contributed by atoms with Crippen molar-refractivity contribution >= 4 is 40.2 Å². The predicted octanol–water partition coefficient (Wildman–Crippen LogP) is 4.03. The van der Waals surface area contributed by atoms with E-state index in [2.05, 4.69) is 15.5 Å². The quantitative estimate of drug-likeness (QED) is 0.483. The Hall–Kier alpha value is -2.90. The van der Waals surface area contributed by atoms with Crippen LogP contribution in [0.4, 0.5) is 5.13 Å². The number of hydrogen-bond donors (Lipinski definition) is 2. The number of aryl methyl sites for hydroxylation is 1. The highest BCUT2D eigenvalue weighted by Crippen LogP contribution is 2.26. The number of nitrogens with zero attached hydrogens (tertiary/aromatic N) is 2. The molecule has 0 saturated carbocycles. The number of benzene rings is 2. The third kappa shape index (κ3) is 5.06. The number of amides is 1. The van der Waals surface area contributed by atoms with Crippen molar-refractivity contribution in [2.45, 2.75) is 13.5 Å². The van der Waals surface area contributed by atoms with E-state index in [9.17, 15) is 4.79 Å². The number of thiazole rings is 1. The Labute approximate surface area is 165 Å². The summed E-state index contributed by atoms with van der Waals surface area (Å²) in [6, 6.07) is 15.1. The number of anilines is 1. The summed E-state index contributed by atoms with van der Waals surface area (Å²) in [4.78, 5) is 16.5. The lowest BCUT2D eigenvalue weighted by atomic mass is 10.2. The zero-order chi connectivity index (χ0) is 19.2. The first-order valence-electron chi connectivity index (χ1n) is 8.05. The Morgan fingerprint density at radius 2 is 2.11 bits per heavy atom. The van der Waals surface area contributed by atoms with Crippen LogP contribution in [0.15, 0.2) is 53.6 Å². The molecular weight excluding hydrogens is 384 g/mol. The maximum absolute atomic E-state index is 12.1. The molecule has 6 nitrogen and oxygen atoms in total. The number of nitrogens with one attached hydrogen (secondary N) is 1. The molecule has 3 N–H and O–H groups in total. The summed E-state index contributed by atoms with van der Waals surface area (Å²) in [7, 11) is 0. The maximum atomic E-state index is 12.1. The van der Waals surface area contributed by atoms with E-state index < -0.39 is 0 Å². The second kappa shape index (κ2) is 8.66. The molecule has 0 spiro atoms. The van der Waals surface area contributed by atoms with Crippen molar-refractivity contribution in [2.24, 2.45) is 5.10 Å². The van der Waals surface area contributed by atoms with E-state index in [1.54, 1.807) is 25.1 Å². The molecule has 3 aromatic rings. The fraction of sp³-hybridized carbons (Fsp3) is 0.105. The molecule has 3 rings (SSSR count). The van der Waals surface area contributed by atoms with E-state index in [0.717, 1.165) is 22.5 Å². The number of halogens is 1. The lowest BCUT2D eigenvalue weighted by molar-refractivity contribution is 0.0958. The van der Waals surface area contributed by atoms with Crippen LogP contribution in [-0.2, 0) is 6.61 Å². The van der Waals surface area contributed by atoms with Gasteiger partial charge >= 0.3 is 0 Å². The first kappa shape index (κ1) is 18.9. The number of carbonyl (C=O) groups is 1. The van der Waals surface area contributed by atoms with Gasteiger partial charge in [-0.25, -0.2) is 10.4 Å². The van der Waals surface area contributed by atoms with Crippen LogP contribution in [0.1, 0.15) is 26.5 Å². The van der Waals surface area contributed by atoms with E-state index in [0.29, 0.717) is 33.1 Å². The van der Waals surface area contributed by atoms with Gasteiger partial charge in [0.1, 0.15) is 17.2 Å². The minimum atomic E-state index is -0.355. The molecule has 8 heteroatoms. The van der Waals surface area contributed by atoms with Gasteiger partial charge in [-0.2, -0.15) is 5.10 Å². The number of hydrazone groups is 1. The van der Waals surface area contributed by atoms with Crippen LogP contribution in [0.3, 0.4) is 0 Å². The summed E-state index contributed by atoms with van der Waals surface area (Å²) >= 11 is 7.38. The Kier molecular flexibility index (Phi) is 6.05. The molecule has 2 aromatic carbocycles. The molecule has 0 fully saturated rings. The Bertz CT molecular complexity index is 973. The molecule has 0 radical (unpaired) electrons. The zero-order valence-electron chi connectivity index (χ0n) is 14.5. The summed E-state index contributed by atoms with van der Waals surface area (Å²) in [6.07, 6.45) is 1.50. The first-order chi connectivity index (χ1) is 13.0. The van der Waals surface area contributed by atoms with Gasteiger partial charge in [0.25, 0.3) is 5.91 Å². The average Bonchev–Trinajstić information content (AvgIpc) is 3.00. The summed E-state index contributed by atoms with van der Waals surface area (Å²) in [5.74, 6) is 0.226. The monoisotopic (exact) mass is 400 g/mol. The van der Waals surface area contributed by atoms with Gasteiger partial charge < -0.3 is 10.5 Å². The van der Waals surface area contributed by atoms with Crippen LogP contribution in [0, 0.1) is 6.92 Å². The van der Waals surface area contributed by atoms with Crippen LogP contribution in [0.5, 0.6) is 5.75 Å². The second-order valence-corrected chi connectivity index (χ2v) is 7.07. The number of ether oxygens (including phenoxy) is 1. The lowest BCUT2D eigenvalue weighted by Crippen LogP contribution is -2.17. The van der Waals surface area contributed by atoms with Crippen LogP contribution in [0.25, 0.3) is 0 Å². The van der Waals surface area contributed by atoms with Gasteiger partial charge in [-0.3, -0.25) is 4.79 Å². The fourth-order valence-corrected chi connectivity index (χ4v) is 3.26. The highest BCUT2D eigenvalue weighted by atomic mass is 35.5. The summed E-state index contributed by atoms with van der Waals surface area (Å²) in [5.41, 5.74) is 10.4. The van der Waals surface area contributed by atoms with E-state index >= 15 is 0 Å². The molecule has 138 valence electrons. The molecule has 0 aliphatic rings. The first-order valence-corrected chi connectivity index (χ1v) is 9.25. The molecule has 1 amide bonds. The van der Waals surface area contributed by atoms with E-state index in [1.165, 1.54) is 6.21 Å². The van der Waals surface area contributed by atoms with Gasteiger partial charge in [-0.15, -0.1) is 0 Å². The molecular formula is C19H17ClN4O2S. The smallest absolute Gasteiger partial charge is 0.283 e. The highest BCUT2D eigenvalue weighted by molar-refractivity contribution is 7.17. The van der Waals surface area contributed by atoms with E-state index in [4.69, 9.17) is 22.1 Å². The standard InChI is InChI=1S/C19H17ClN4O2S/c1-12-17(27-19(21)23-12)18(25)24-22-10-14-7-8-16(15(20)9-14)26-11-13-5-3-2-4-6-13/h2-10H,11H2,1H3,(H2,21,23)(H,24,25)/b22-10-. The molecule has 27 heavy (non-hydrogen) atoms. The predicted molar refractivity (Wildman–Crippen MR) is 109 cm³/mol. The van der Waals surface area contributed by atoms with Crippen molar-refractivity contribution in [3.05, 3.63) is 75.3 Å². The van der Waals surface area contributed by atoms with Crippen molar-refractivity contribution in [2.75, 3.05) is 5.73 Å².